The van der Waals surface area contributed by atoms with Crippen molar-refractivity contribution in [2.75, 3.05) is 13.1 Å². The number of benzene rings is 1. The average molecular weight is 242 g/mol. The molecule has 1 fully saturated rings. The standard InChI is InChI=1S/C16H22N2/c1-13-8-14(2)10-15(9-13)11-18-6-4-16(3,12-17)5-7-18/h8-10H,4-7,11H2,1-3H3. The molecule has 1 aromatic rings. The van der Waals surface area contributed by atoms with E-state index in [1.165, 1.54) is 16.7 Å². The van der Waals surface area contributed by atoms with E-state index in [9.17, 15) is 0 Å². The summed E-state index contributed by atoms with van der Waals surface area (Å²) >= 11 is 0. The van der Waals surface area contributed by atoms with Gasteiger partial charge in [0.2, 0.25) is 0 Å². The van der Waals surface area contributed by atoms with Crippen LogP contribution in [0.25, 0.3) is 0 Å². The maximum Gasteiger partial charge on any atom is 0.0687 e. The third-order valence-corrected chi connectivity index (χ3v) is 3.92. The summed E-state index contributed by atoms with van der Waals surface area (Å²) in [5, 5.41) is 9.13. The van der Waals surface area contributed by atoms with Crippen molar-refractivity contribution >= 4 is 0 Å². The molecule has 2 nitrogen and oxygen atoms in total. The molecule has 0 N–H and O–H groups in total. The number of nitrogens with zero attached hydrogens (tertiary/aromatic N) is 2. The minimum Gasteiger partial charge on any atom is -0.299 e. The fourth-order valence-corrected chi connectivity index (χ4v) is 2.73. The topological polar surface area (TPSA) is 27.0 Å². The van der Waals surface area contributed by atoms with Gasteiger partial charge in [0.15, 0.2) is 0 Å². The number of hydrogen-bond donors (Lipinski definition) is 0. The number of aryl methyl sites for hydroxylation is 2. The van der Waals surface area contributed by atoms with Crippen LogP contribution in [0, 0.1) is 30.6 Å². The van der Waals surface area contributed by atoms with Crippen LogP contribution in [0.15, 0.2) is 18.2 Å². The Labute approximate surface area is 110 Å². The Balaban J connectivity index is 1.98. The Morgan fingerprint density at radius 3 is 2.22 bits per heavy atom. The maximum atomic E-state index is 9.13. The van der Waals surface area contributed by atoms with Gasteiger partial charge in [0.05, 0.1) is 11.5 Å². The first-order valence-electron chi connectivity index (χ1n) is 6.72. The lowest BCUT2D eigenvalue weighted by atomic mass is 9.82. The summed E-state index contributed by atoms with van der Waals surface area (Å²) < 4.78 is 0. The van der Waals surface area contributed by atoms with Gasteiger partial charge in [-0.3, -0.25) is 4.90 Å². The molecule has 2 rings (SSSR count). The van der Waals surface area contributed by atoms with E-state index in [1.54, 1.807) is 0 Å². The van der Waals surface area contributed by atoms with Gasteiger partial charge in [-0.15, -0.1) is 0 Å². The molecule has 1 heterocycles. The van der Waals surface area contributed by atoms with Crippen LogP contribution in [0.5, 0.6) is 0 Å². The van der Waals surface area contributed by atoms with Crippen LogP contribution in [-0.4, -0.2) is 18.0 Å². The van der Waals surface area contributed by atoms with Crippen molar-refractivity contribution in [3.63, 3.8) is 0 Å². The molecule has 0 atom stereocenters. The number of piperidine rings is 1. The van der Waals surface area contributed by atoms with Gasteiger partial charge >= 0.3 is 0 Å². The summed E-state index contributed by atoms with van der Waals surface area (Å²) in [7, 11) is 0. The Hall–Kier alpha value is -1.33. The van der Waals surface area contributed by atoms with Crippen LogP contribution in [0.3, 0.4) is 0 Å². The lowest BCUT2D eigenvalue weighted by Gasteiger charge is -2.35. The Kier molecular flexibility index (Phi) is 3.73. The molecular weight excluding hydrogens is 220 g/mol. The van der Waals surface area contributed by atoms with Gasteiger partial charge in [0.25, 0.3) is 0 Å². The van der Waals surface area contributed by atoms with Gasteiger partial charge in [-0.05, 0) is 52.3 Å². The predicted octanol–water partition coefficient (Wildman–Crippen LogP) is 3.43. The molecule has 0 saturated carbocycles. The number of rotatable bonds is 2. The normalized spacial score (nSPS) is 19.4. The van der Waals surface area contributed by atoms with E-state index in [0.717, 1.165) is 32.5 Å². The Morgan fingerprint density at radius 2 is 1.72 bits per heavy atom. The van der Waals surface area contributed by atoms with E-state index in [-0.39, 0.29) is 5.41 Å². The first-order valence-corrected chi connectivity index (χ1v) is 6.72. The Morgan fingerprint density at radius 1 is 1.17 bits per heavy atom. The van der Waals surface area contributed by atoms with Crippen molar-refractivity contribution in [2.24, 2.45) is 5.41 Å². The first-order chi connectivity index (χ1) is 8.50. The number of likely N-dealkylation sites (tertiary alicyclic amines) is 1. The first kappa shape index (κ1) is 13.1. The second-order valence-corrected chi connectivity index (χ2v) is 5.94. The summed E-state index contributed by atoms with van der Waals surface area (Å²) in [5.41, 5.74) is 3.97. The van der Waals surface area contributed by atoms with E-state index in [0.29, 0.717) is 0 Å². The second kappa shape index (κ2) is 5.12. The van der Waals surface area contributed by atoms with Crippen LogP contribution < -0.4 is 0 Å². The highest BCUT2D eigenvalue weighted by atomic mass is 15.1. The van der Waals surface area contributed by atoms with Gasteiger partial charge in [-0.1, -0.05) is 29.3 Å². The average Bonchev–Trinajstić information content (AvgIpc) is 2.31. The third kappa shape index (κ3) is 3.11. The van der Waals surface area contributed by atoms with Crippen LogP contribution in [0.4, 0.5) is 0 Å². The zero-order valence-corrected chi connectivity index (χ0v) is 11.7. The summed E-state index contributed by atoms with van der Waals surface area (Å²) in [6.45, 7) is 9.48. The minimum absolute atomic E-state index is 0.0982. The van der Waals surface area contributed by atoms with Gasteiger partial charge in [-0.2, -0.15) is 5.26 Å². The van der Waals surface area contributed by atoms with Crippen molar-refractivity contribution < 1.29 is 0 Å². The van der Waals surface area contributed by atoms with Crippen LogP contribution >= 0.6 is 0 Å². The van der Waals surface area contributed by atoms with E-state index >= 15 is 0 Å². The van der Waals surface area contributed by atoms with Crippen LogP contribution in [0.1, 0.15) is 36.5 Å². The molecule has 1 aliphatic rings. The van der Waals surface area contributed by atoms with E-state index in [1.807, 2.05) is 0 Å². The molecule has 1 saturated heterocycles. The van der Waals surface area contributed by atoms with Crippen molar-refractivity contribution in [3.05, 3.63) is 34.9 Å². The van der Waals surface area contributed by atoms with Gasteiger partial charge < -0.3 is 0 Å². The summed E-state index contributed by atoms with van der Waals surface area (Å²) in [5.74, 6) is 0. The molecule has 0 bridgehead atoms. The zero-order valence-electron chi connectivity index (χ0n) is 11.7. The summed E-state index contributed by atoms with van der Waals surface area (Å²) in [6.07, 6.45) is 1.99. The van der Waals surface area contributed by atoms with Crippen LogP contribution in [-0.2, 0) is 6.54 Å². The molecule has 0 aliphatic carbocycles. The monoisotopic (exact) mass is 242 g/mol. The fraction of sp³-hybridized carbons (Fsp3) is 0.562. The van der Waals surface area contributed by atoms with Gasteiger partial charge in [0, 0.05) is 6.54 Å². The second-order valence-electron chi connectivity index (χ2n) is 5.94. The lowest BCUT2D eigenvalue weighted by Crippen LogP contribution is -2.37. The highest BCUT2D eigenvalue weighted by Gasteiger charge is 2.29. The zero-order chi connectivity index (χ0) is 13.2. The molecule has 18 heavy (non-hydrogen) atoms. The molecule has 2 heteroatoms. The van der Waals surface area contributed by atoms with E-state index in [4.69, 9.17) is 5.26 Å². The quantitative estimate of drug-likeness (QED) is 0.794. The third-order valence-electron chi connectivity index (χ3n) is 3.92. The van der Waals surface area contributed by atoms with E-state index in [2.05, 4.69) is 49.9 Å². The van der Waals surface area contributed by atoms with Crippen molar-refractivity contribution in [1.82, 2.24) is 4.90 Å². The van der Waals surface area contributed by atoms with Crippen molar-refractivity contribution in [2.45, 2.75) is 40.2 Å². The fourth-order valence-electron chi connectivity index (χ4n) is 2.73. The molecule has 0 aromatic heterocycles. The van der Waals surface area contributed by atoms with Gasteiger partial charge in [0.1, 0.15) is 0 Å². The molecule has 0 amide bonds. The SMILES string of the molecule is Cc1cc(C)cc(CN2CCC(C)(C#N)CC2)c1. The van der Waals surface area contributed by atoms with Crippen molar-refractivity contribution in [1.29, 1.82) is 5.26 Å². The highest BCUT2D eigenvalue weighted by Crippen LogP contribution is 2.30. The highest BCUT2D eigenvalue weighted by molar-refractivity contribution is 5.28. The molecular formula is C16H22N2. The van der Waals surface area contributed by atoms with Crippen LogP contribution in [0.2, 0.25) is 0 Å². The largest absolute Gasteiger partial charge is 0.299 e. The Bertz CT molecular complexity index is 442. The van der Waals surface area contributed by atoms with E-state index < -0.39 is 0 Å². The maximum absolute atomic E-state index is 9.13. The number of hydrogen-bond acceptors (Lipinski definition) is 2. The summed E-state index contributed by atoms with van der Waals surface area (Å²) in [4.78, 5) is 2.47. The van der Waals surface area contributed by atoms with Crippen molar-refractivity contribution in [3.8, 4) is 6.07 Å². The predicted molar refractivity (Wildman–Crippen MR) is 74.1 cm³/mol. The molecule has 0 spiro atoms. The molecule has 96 valence electrons. The minimum atomic E-state index is -0.0982. The number of nitriles is 1. The van der Waals surface area contributed by atoms with Gasteiger partial charge in [-0.25, -0.2) is 0 Å². The smallest absolute Gasteiger partial charge is 0.0687 e. The summed E-state index contributed by atoms with van der Waals surface area (Å²) in [6, 6.07) is 9.21. The lowest BCUT2D eigenvalue weighted by molar-refractivity contribution is 0.150. The molecule has 1 aliphatic heterocycles. The molecule has 0 unspecified atom stereocenters. The molecule has 0 radical (unpaired) electrons. The molecule has 1 aromatic carbocycles.